The topological polar surface area (TPSA) is 61.6 Å². The van der Waals surface area contributed by atoms with Gasteiger partial charge in [-0.3, -0.25) is 0 Å². The van der Waals surface area contributed by atoms with Crippen molar-refractivity contribution in [3.63, 3.8) is 0 Å². The highest BCUT2D eigenvalue weighted by atomic mass is 35.5. The highest BCUT2D eigenvalue weighted by Crippen LogP contribution is 2.29. The van der Waals surface area contributed by atoms with Crippen LogP contribution in [0.15, 0.2) is 12.1 Å². The smallest absolute Gasteiger partial charge is 0.129 e. The summed E-state index contributed by atoms with van der Waals surface area (Å²) in [6.45, 7) is 2.40. The lowest BCUT2D eigenvalue weighted by atomic mass is 10.2. The molecule has 0 spiro atoms. The molecule has 1 aromatic carbocycles. The number of fused-ring (bicyclic) bond motifs is 1. The molecule has 1 N–H and O–H groups in total. The normalized spacial score (nSPS) is 12.3. The summed E-state index contributed by atoms with van der Waals surface area (Å²) >= 11 is 7.23. The van der Waals surface area contributed by atoms with E-state index in [0.29, 0.717) is 11.6 Å². The molecule has 0 aliphatic carbocycles. The van der Waals surface area contributed by atoms with E-state index in [0.717, 1.165) is 28.4 Å². The molecule has 1 aromatic heterocycles. The van der Waals surface area contributed by atoms with Crippen LogP contribution in [0.1, 0.15) is 6.92 Å². The van der Waals surface area contributed by atoms with E-state index in [1.165, 1.54) is 0 Å². The van der Waals surface area contributed by atoms with Gasteiger partial charge in [-0.2, -0.15) is 14.0 Å². The summed E-state index contributed by atoms with van der Waals surface area (Å²) in [6.07, 6.45) is 0. The number of benzene rings is 1. The summed E-state index contributed by atoms with van der Waals surface area (Å²) < 4.78 is 8.32. The predicted molar refractivity (Wildman–Crippen MR) is 65.7 cm³/mol. The number of nitrogens with zero attached hydrogens (tertiary/aromatic N) is 3. The molecule has 2 rings (SSSR count). The van der Waals surface area contributed by atoms with Crippen molar-refractivity contribution in [2.75, 3.05) is 11.9 Å². The molecule has 0 saturated carbocycles. The number of hydrogen-bond donors (Lipinski definition) is 1. The van der Waals surface area contributed by atoms with Gasteiger partial charge in [-0.15, -0.1) is 0 Å². The molecular weight excluding hydrogens is 244 g/mol. The molecule has 0 radical (unpaired) electrons. The molecule has 4 nitrogen and oxygen atoms in total. The van der Waals surface area contributed by atoms with Crippen LogP contribution < -0.4 is 5.32 Å². The minimum Gasteiger partial charge on any atom is -0.381 e. The van der Waals surface area contributed by atoms with E-state index in [4.69, 9.17) is 16.9 Å². The van der Waals surface area contributed by atoms with E-state index in [9.17, 15) is 0 Å². The number of hydrogen-bond acceptors (Lipinski definition) is 5. The van der Waals surface area contributed by atoms with E-state index >= 15 is 0 Å². The van der Waals surface area contributed by atoms with Crippen molar-refractivity contribution >= 4 is 40.0 Å². The molecule has 0 aliphatic heterocycles. The molecule has 0 bridgehead atoms. The number of nitriles is 1. The Morgan fingerprint density at radius 2 is 2.38 bits per heavy atom. The first-order chi connectivity index (χ1) is 7.72. The van der Waals surface area contributed by atoms with Crippen molar-refractivity contribution in [1.82, 2.24) is 8.75 Å². The Balaban J connectivity index is 2.32. The quantitative estimate of drug-likeness (QED) is 0.912. The Morgan fingerprint density at radius 3 is 3.12 bits per heavy atom. The summed E-state index contributed by atoms with van der Waals surface area (Å²) in [7, 11) is 0. The SMILES string of the molecule is CC(C#N)CNc1c(Cl)ccc2nsnc12. The van der Waals surface area contributed by atoms with Gasteiger partial charge in [0.2, 0.25) is 0 Å². The van der Waals surface area contributed by atoms with Gasteiger partial charge in [-0.05, 0) is 19.1 Å². The van der Waals surface area contributed by atoms with Crippen LogP contribution in [0.4, 0.5) is 5.69 Å². The second kappa shape index (κ2) is 4.64. The number of nitrogens with one attached hydrogen (secondary N) is 1. The Morgan fingerprint density at radius 1 is 1.56 bits per heavy atom. The monoisotopic (exact) mass is 252 g/mol. The van der Waals surface area contributed by atoms with E-state index in [1.54, 1.807) is 6.07 Å². The van der Waals surface area contributed by atoms with E-state index < -0.39 is 0 Å². The predicted octanol–water partition coefficient (Wildman–Crippen LogP) is 2.92. The van der Waals surface area contributed by atoms with Gasteiger partial charge in [0.15, 0.2) is 0 Å². The summed E-state index contributed by atoms with van der Waals surface area (Å²) in [5.41, 5.74) is 2.35. The fourth-order valence-electron chi connectivity index (χ4n) is 1.30. The summed E-state index contributed by atoms with van der Waals surface area (Å²) in [6, 6.07) is 5.77. The third-order valence-corrected chi connectivity index (χ3v) is 3.04. The van der Waals surface area contributed by atoms with Crippen LogP contribution in [-0.2, 0) is 0 Å². The maximum absolute atomic E-state index is 8.71. The average molecular weight is 253 g/mol. The first-order valence-electron chi connectivity index (χ1n) is 4.76. The second-order valence-electron chi connectivity index (χ2n) is 3.47. The first-order valence-corrected chi connectivity index (χ1v) is 5.87. The van der Waals surface area contributed by atoms with E-state index in [1.807, 2.05) is 13.0 Å². The van der Waals surface area contributed by atoms with Gasteiger partial charge in [-0.1, -0.05) is 11.6 Å². The second-order valence-corrected chi connectivity index (χ2v) is 4.40. The van der Waals surface area contributed by atoms with E-state index in [-0.39, 0.29) is 5.92 Å². The van der Waals surface area contributed by atoms with Crippen LogP contribution >= 0.6 is 23.3 Å². The summed E-state index contributed by atoms with van der Waals surface area (Å²) in [5, 5.41) is 12.5. The number of halogens is 1. The van der Waals surface area contributed by atoms with Crippen molar-refractivity contribution in [1.29, 1.82) is 5.26 Å². The highest BCUT2D eigenvalue weighted by molar-refractivity contribution is 7.00. The van der Waals surface area contributed by atoms with Crippen LogP contribution in [-0.4, -0.2) is 15.3 Å². The standard InChI is InChI=1S/C10H9ClN4S/c1-6(4-12)5-13-9-7(11)2-3-8-10(9)15-16-14-8/h2-3,6,13H,5H2,1H3. The van der Waals surface area contributed by atoms with Crippen molar-refractivity contribution in [3.05, 3.63) is 17.2 Å². The number of rotatable bonds is 3. The lowest BCUT2D eigenvalue weighted by molar-refractivity contribution is 0.787. The molecule has 0 saturated heterocycles. The molecule has 82 valence electrons. The average Bonchev–Trinajstić information content (AvgIpc) is 2.75. The Hall–Kier alpha value is -1.38. The molecule has 0 amide bonds. The maximum Gasteiger partial charge on any atom is 0.129 e. The molecule has 0 aliphatic rings. The molecule has 1 heterocycles. The van der Waals surface area contributed by atoms with Gasteiger partial charge in [0.1, 0.15) is 11.0 Å². The summed E-state index contributed by atoms with van der Waals surface area (Å²) in [5.74, 6) is -0.0714. The number of aromatic nitrogens is 2. The zero-order valence-corrected chi connectivity index (χ0v) is 10.1. The van der Waals surface area contributed by atoms with Crippen LogP contribution in [0.25, 0.3) is 11.0 Å². The lowest BCUT2D eigenvalue weighted by Gasteiger charge is -2.09. The maximum atomic E-state index is 8.71. The Kier molecular flexibility index (Phi) is 3.22. The molecule has 1 unspecified atom stereocenters. The molecule has 1 atom stereocenters. The highest BCUT2D eigenvalue weighted by Gasteiger charge is 2.10. The molecule has 0 fully saturated rings. The lowest BCUT2D eigenvalue weighted by Crippen LogP contribution is -2.09. The fourth-order valence-corrected chi connectivity index (χ4v) is 2.06. The molecular formula is C10H9ClN4S. The third-order valence-electron chi connectivity index (χ3n) is 2.18. The van der Waals surface area contributed by atoms with E-state index in [2.05, 4.69) is 20.1 Å². The zero-order chi connectivity index (χ0) is 11.5. The third kappa shape index (κ3) is 2.08. The van der Waals surface area contributed by atoms with Gasteiger partial charge in [0.25, 0.3) is 0 Å². The zero-order valence-electron chi connectivity index (χ0n) is 8.57. The van der Waals surface area contributed by atoms with Crippen molar-refractivity contribution in [2.45, 2.75) is 6.92 Å². The fraction of sp³-hybridized carbons (Fsp3) is 0.300. The van der Waals surface area contributed by atoms with Crippen molar-refractivity contribution in [2.24, 2.45) is 5.92 Å². The van der Waals surface area contributed by atoms with Crippen LogP contribution in [0.2, 0.25) is 5.02 Å². The largest absolute Gasteiger partial charge is 0.381 e. The van der Waals surface area contributed by atoms with Crippen molar-refractivity contribution in [3.8, 4) is 6.07 Å². The van der Waals surface area contributed by atoms with Crippen LogP contribution in [0.5, 0.6) is 0 Å². The van der Waals surface area contributed by atoms with Gasteiger partial charge in [-0.25, -0.2) is 0 Å². The number of anilines is 1. The first kappa shape index (κ1) is 11.1. The molecule has 2 aromatic rings. The van der Waals surface area contributed by atoms with Gasteiger partial charge in [0.05, 0.1) is 34.4 Å². The summed E-state index contributed by atoms with van der Waals surface area (Å²) in [4.78, 5) is 0. The van der Waals surface area contributed by atoms with Crippen LogP contribution in [0, 0.1) is 17.2 Å². The minimum atomic E-state index is -0.0714. The molecule has 16 heavy (non-hydrogen) atoms. The van der Waals surface area contributed by atoms with Gasteiger partial charge < -0.3 is 5.32 Å². The van der Waals surface area contributed by atoms with Crippen molar-refractivity contribution < 1.29 is 0 Å². The Labute approximate surface area is 102 Å². The van der Waals surface area contributed by atoms with Gasteiger partial charge >= 0.3 is 0 Å². The van der Waals surface area contributed by atoms with Gasteiger partial charge in [0, 0.05) is 6.54 Å². The van der Waals surface area contributed by atoms with Crippen LogP contribution in [0.3, 0.4) is 0 Å². The Bertz CT molecular complexity index is 545. The molecule has 6 heteroatoms. The minimum absolute atomic E-state index is 0.0714.